The zero-order valence-electron chi connectivity index (χ0n) is 16.5. The van der Waals surface area contributed by atoms with Crippen molar-refractivity contribution < 1.29 is 14.3 Å². The smallest absolute Gasteiger partial charge is 0.283 e. The van der Waals surface area contributed by atoms with Gasteiger partial charge >= 0.3 is 0 Å². The van der Waals surface area contributed by atoms with E-state index in [0.717, 1.165) is 22.7 Å². The summed E-state index contributed by atoms with van der Waals surface area (Å²) in [5.41, 5.74) is 2.08. The monoisotopic (exact) mass is 396 g/mol. The summed E-state index contributed by atoms with van der Waals surface area (Å²) in [7, 11) is 0. The summed E-state index contributed by atoms with van der Waals surface area (Å²) in [5.74, 6) is 1.44. The van der Waals surface area contributed by atoms with E-state index in [0.29, 0.717) is 17.5 Å². The molecule has 6 heteroatoms. The molecule has 0 fully saturated rings. The predicted octanol–water partition coefficient (Wildman–Crippen LogP) is 4.98. The molecule has 2 aromatic rings. The first-order valence-electron chi connectivity index (χ1n) is 9.20. The highest BCUT2D eigenvalue weighted by molar-refractivity contribution is 8.13. The standard InChI is InChI=1S/C22H24N2O3S/c1-5-26-18-12-8-17(9-13-18)24-21(25)20(23-22(24)28-4)14-16-6-10-19(11-7-16)27-15(2)3/h6-15H,5H2,1-4H3/b20-14+. The molecule has 28 heavy (non-hydrogen) atoms. The van der Waals surface area contributed by atoms with Crippen LogP contribution in [-0.4, -0.2) is 30.0 Å². The first-order valence-corrected chi connectivity index (χ1v) is 10.4. The minimum absolute atomic E-state index is 0.122. The maximum Gasteiger partial charge on any atom is 0.283 e. The van der Waals surface area contributed by atoms with Crippen LogP contribution in [0.25, 0.3) is 6.08 Å². The fourth-order valence-electron chi connectivity index (χ4n) is 2.79. The summed E-state index contributed by atoms with van der Waals surface area (Å²) in [6.45, 7) is 6.52. The number of ether oxygens (including phenoxy) is 2. The van der Waals surface area contributed by atoms with Crippen LogP contribution in [0.1, 0.15) is 26.3 Å². The third kappa shape index (κ3) is 4.57. The molecule has 0 bridgehead atoms. The molecule has 1 heterocycles. The second-order valence-corrected chi connectivity index (χ2v) is 7.20. The summed E-state index contributed by atoms with van der Waals surface area (Å²) >= 11 is 1.44. The van der Waals surface area contributed by atoms with Gasteiger partial charge in [0.05, 0.1) is 18.4 Å². The van der Waals surface area contributed by atoms with Gasteiger partial charge in [0.25, 0.3) is 5.91 Å². The summed E-state index contributed by atoms with van der Waals surface area (Å²) in [4.78, 5) is 19.1. The number of benzene rings is 2. The molecule has 2 aromatic carbocycles. The van der Waals surface area contributed by atoms with E-state index in [1.807, 2.05) is 75.6 Å². The van der Waals surface area contributed by atoms with Crippen LogP contribution in [0.5, 0.6) is 11.5 Å². The predicted molar refractivity (Wildman–Crippen MR) is 116 cm³/mol. The lowest BCUT2D eigenvalue weighted by Gasteiger charge is -2.17. The highest BCUT2D eigenvalue weighted by Crippen LogP contribution is 2.30. The lowest BCUT2D eigenvalue weighted by atomic mass is 10.2. The Bertz CT molecular complexity index is 887. The van der Waals surface area contributed by atoms with Crippen molar-refractivity contribution in [2.45, 2.75) is 26.9 Å². The van der Waals surface area contributed by atoms with Gasteiger partial charge in [0.15, 0.2) is 5.17 Å². The van der Waals surface area contributed by atoms with Crippen molar-refractivity contribution in [3.8, 4) is 11.5 Å². The van der Waals surface area contributed by atoms with Gasteiger partial charge in [-0.05, 0) is 75.1 Å². The van der Waals surface area contributed by atoms with Crippen LogP contribution in [0.15, 0.2) is 59.2 Å². The van der Waals surface area contributed by atoms with Crippen LogP contribution in [0, 0.1) is 0 Å². The molecule has 0 radical (unpaired) electrons. The first-order chi connectivity index (χ1) is 13.5. The molecule has 0 saturated heterocycles. The second kappa shape index (κ2) is 8.97. The highest BCUT2D eigenvalue weighted by Gasteiger charge is 2.31. The second-order valence-electron chi connectivity index (χ2n) is 6.43. The Balaban J connectivity index is 1.83. The van der Waals surface area contributed by atoms with Crippen LogP contribution in [0.3, 0.4) is 0 Å². The quantitative estimate of drug-likeness (QED) is 0.646. The number of thioether (sulfide) groups is 1. The summed E-state index contributed by atoms with van der Waals surface area (Å²) in [5, 5.41) is 0.653. The molecule has 0 atom stereocenters. The Kier molecular flexibility index (Phi) is 6.41. The van der Waals surface area contributed by atoms with Crippen molar-refractivity contribution in [2.24, 2.45) is 4.99 Å². The fourth-order valence-corrected chi connectivity index (χ4v) is 3.35. The normalized spacial score (nSPS) is 15.3. The Labute approximate surface area is 170 Å². The van der Waals surface area contributed by atoms with Crippen molar-refractivity contribution in [1.29, 1.82) is 0 Å². The van der Waals surface area contributed by atoms with Crippen molar-refractivity contribution in [3.63, 3.8) is 0 Å². The molecule has 5 nitrogen and oxygen atoms in total. The molecule has 0 spiro atoms. The third-order valence-corrected chi connectivity index (χ3v) is 4.61. The maximum absolute atomic E-state index is 13.0. The molecular formula is C22H24N2O3S. The number of hydrogen-bond donors (Lipinski definition) is 0. The third-order valence-electron chi connectivity index (χ3n) is 3.97. The molecule has 0 aliphatic carbocycles. The van der Waals surface area contributed by atoms with Crippen molar-refractivity contribution in [3.05, 3.63) is 59.8 Å². The number of hydrogen-bond acceptors (Lipinski definition) is 5. The summed E-state index contributed by atoms with van der Waals surface area (Å²) in [6.07, 6.45) is 3.83. The molecule has 1 aliphatic rings. The zero-order valence-corrected chi connectivity index (χ0v) is 17.3. The molecule has 1 aliphatic heterocycles. The number of rotatable bonds is 6. The van der Waals surface area contributed by atoms with Gasteiger partial charge in [0, 0.05) is 0 Å². The molecule has 0 saturated carbocycles. The fraction of sp³-hybridized carbons (Fsp3) is 0.273. The van der Waals surface area contributed by atoms with Gasteiger partial charge in [-0.2, -0.15) is 0 Å². The van der Waals surface area contributed by atoms with Gasteiger partial charge in [-0.25, -0.2) is 4.99 Å². The Morgan fingerprint density at radius 3 is 2.29 bits per heavy atom. The van der Waals surface area contributed by atoms with Gasteiger partial charge in [-0.15, -0.1) is 0 Å². The zero-order chi connectivity index (χ0) is 20.1. The summed E-state index contributed by atoms with van der Waals surface area (Å²) in [6, 6.07) is 15.1. The van der Waals surface area contributed by atoms with E-state index >= 15 is 0 Å². The van der Waals surface area contributed by atoms with Gasteiger partial charge in [-0.1, -0.05) is 23.9 Å². The van der Waals surface area contributed by atoms with Gasteiger partial charge in [0.2, 0.25) is 0 Å². The van der Waals surface area contributed by atoms with E-state index in [-0.39, 0.29) is 12.0 Å². The number of anilines is 1. The Morgan fingerprint density at radius 1 is 1.07 bits per heavy atom. The van der Waals surface area contributed by atoms with Crippen molar-refractivity contribution >= 4 is 34.6 Å². The lowest BCUT2D eigenvalue weighted by molar-refractivity contribution is -0.113. The molecule has 146 valence electrons. The molecule has 3 rings (SSSR count). The van der Waals surface area contributed by atoms with E-state index in [2.05, 4.69) is 4.99 Å². The lowest BCUT2D eigenvalue weighted by Crippen LogP contribution is -2.29. The summed E-state index contributed by atoms with van der Waals surface area (Å²) < 4.78 is 11.1. The number of amides is 1. The minimum Gasteiger partial charge on any atom is -0.494 e. The van der Waals surface area contributed by atoms with Crippen LogP contribution >= 0.6 is 11.8 Å². The topological polar surface area (TPSA) is 51.1 Å². The number of amidine groups is 1. The minimum atomic E-state index is -0.143. The molecule has 0 N–H and O–H groups in total. The average molecular weight is 397 g/mol. The van der Waals surface area contributed by atoms with E-state index in [1.54, 1.807) is 11.0 Å². The van der Waals surface area contributed by atoms with Crippen LogP contribution < -0.4 is 14.4 Å². The largest absolute Gasteiger partial charge is 0.494 e. The van der Waals surface area contributed by atoms with E-state index in [4.69, 9.17) is 9.47 Å². The number of nitrogens with zero attached hydrogens (tertiary/aromatic N) is 2. The van der Waals surface area contributed by atoms with E-state index in [9.17, 15) is 4.79 Å². The maximum atomic E-state index is 13.0. The Morgan fingerprint density at radius 2 is 1.71 bits per heavy atom. The van der Waals surface area contributed by atoms with Crippen LogP contribution in [-0.2, 0) is 4.79 Å². The van der Waals surface area contributed by atoms with Gasteiger partial charge in [-0.3, -0.25) is 9.69 Å². The number of aliphatic imine (C=N–C) groups is 1. The molecule has 1 amide bonds. The van der Waals surface area contributed by atoms with Gasteiger partial charge < -0.3 is 9.47 Å². The molecule has 0 aromatic heterocycles. The highest BCUT2D eigenvalue weighted by atomic mass is 32.2. The van der Waals surface area contributed by atoms with Gasteiger partial charge in [0.1, 0.15) is 17.2 Å². The first kappa shape index (κ1) is 20.0. The molecular weight excluding hydrogens is 372 g/mol. The van der Waals surface area contributed by atoms with Crippen LogP contribution in [0.4, 0.5) is 5.69 Å². The molecule has 0 unspecified atom stereocenters. The van der Waals surface area contributed by atoms with Crippen LogP contribution in [0.2, 0.25) is 0 Å². The Hall–Kier alpha value is -2.73. The van der Waals surface area contributed by atoms with Crippen molar-refractivity contribution in [1.82, 2.24) is 0 Å². The SMILES string of the molecule is CCOc1ccc(N2C(=O)/C(=C\c3ccc(OC(C)C)cc3)N=C2SC)cc1. The number of carbonyl (C=O) groups excluding carboxylic acids is 1. The van der Waals surface area contributed by atoms with Crippen molar-refractivity contribution in [2.75, 3.05) is 17.8 Å². The number of carbonyl (C=O) groups is 1. The van der Waals surface area contributed by atoms with E-state index in [1.165, 1.54) is 11.8 Å². The van der Waals surface area contributed by atoms with E-state index < -0.39 is 0 Å². The average Bonchev–Trinajstić information content (AvgIpc) is 2.99.